The SMILES string of the molecule is COc1cc(C(=O)NCC(C)(C)C(=O)O)on1. The van der Waals surface area contributed by atoms with Crippen LogP contribution in [0.4, 0.5) is 0 Å². The van der Waals surface area contributed by atoms with Gasteiger partial charge in [0.1, 0.15) is 0 Å². The van der Waals surface area contributed by atoms with E-state index in [1.165, 1.54) is 27.0 Å². The van der Waals surface area contributed by atoms with Gasteiger partial charge in [0.2, 0.25) is 5.76 Å². The number of amides is 1. The van der Waals surface area contributed by atoms with Crippen LogP contribution in [0.25, 0.3) is 0 Å². The molecular weight excluding hydrogens is 228 g/mol. The van der Waals surface area contributed by atoms with Gasteiger partial charge in [0.15, 0.2) is 0 Å². The Morgan fingerprint density at radius 3 is 2.71 bits per heavy atom. The number of hydrogen-bond acceptors (Lipinski definition) is 5. The monoisotopic (exact) mass is 242 g/mol. The molecule has 0 atom stereocenters. The summed E-state index contributed by atoms with van der Waals surface area (Å²) in [6, 6.07) is 1.32. The third kappa shape index (κ3) is 3.20. The Bertz CT molecular complexity index is 424. The molecule has 2 N–H and O–H groups in total. The lowest BCUT2D eigenvalue weighted by Crippen LogP contribution is -2.38. The molecule has 0 aliphatic carbocycles. The Labute approximate surface area is 97.7 Å². The van der Waals surface area contributed by atoms with Gasteiger partial charge in [-0.3, -0.25) is 9.59 Å². The molecule has 1 amide bonds. The van der Waals surface area contributed by atoms with Crippen LogP contribution in [-0.4, -0.2) is 35.8 Å². The van der Waals surface area contributed by atoms with Crippen LogP contribution in [0.1, 0.15) is 24.4 Å². The van der Waals surface area contributed by atoms with Gasteiger partial charge >= 0.3 is 5.97 Å². The van der Waals surface area contributed by atoms with Crippen LogP contribution < -0.4 is 10.1 Å². The van der Waals surface area contributed by atoms with E-state index >= 15 is 0 Å². The number of methoxy groups -OCH3 is 1. The molecular formula is C10H14N2O5. The van der Waals surface area contributed by atoms with E-state index in [1.807, 2.05) is 0 Å². The van der Waals surface area contributed by atoms with Crippen molar-refractivity contribution in [2.45, 2.75) is 13.8 Å². The van der Waals surface area contributed by atoms with Gasteiger partial charge in [-0.15, -0.1) is 0 Å². The van der Waals surface area contributed by atoms with Crippen molar-refractivity contribution in [1.82, 2.24) is 10.5 Å². The first kappa shape index (κ1) is 13.0. The fraction of sp³-hybridized carbons (Fsp3) is 0.500. The summed E-state index contributed by atoms with van der Waals surface area (Å²) in [7, 11) is 1.40. The molecule has 1 aromatic rings. The molecule has 0 saturated carbocycles. The first-order valence-electron chi connectivity index (χ1n) is 4.89. The van der Waals surface area contributed by atoms with Crippen LogP contribution in [0.15, 0.2) is 10.6 Å². The fourth-order valence-corrected chi connectivity index (χ4v) is 0.926. The Hall–Kier alpha value is -2.05. The highest BCUT2D eigenvalue weighted by Crippen LogP contribution is 2.14. The summed E-state index contributed by atoms with van der Waals surface area (Å²) in [4.78, 5) is 22.4. The maximum atomic E-state index is 11.5. The molecule has 0 radical (unpaired) electrons. The van der Waals surface area contributed by atoms with Crippen molar-refractivity contribution in [3.8, 4) is 5.88 Å². The van der Waals surface area contributed by atoms with E-state index in [0.29, 0.717) is 0 Å². The predicted molar refractivity (Wildman–Crippen MR) is 56.8 cm³/mol. The molecule has 7 heteroatoms. The van der Waals surface area contributed by atoms with Crippen molar-refractivity contribution < 1.29 is 24.0 Å². The Morgan fingerprint density at radius 1 is 1.59 bits per heavy atom. The highest BCUT2D eigenvalue weighted by atomic mass is 16.5. The van der Waals surface area contributed by atoms with Gasteiger partial charge in [0.05, 0.1) is 18.6 Å². The molecule has 0 fully saturated rings. The summed E-state index contributed by atoms with van der Waals surface area (Å²) in [5.41, 5.74) is -1.04. The third-order valence-corrected chi connectivity index (χ3v) is 2.19. The number of ether oxygens (including phenoxy) is 1. The summed E-state index contributed by atoms with van der Waals surface area (Å²) in [6.45, 7) is 3.01. The second kappa shape index (κ2) is 4.86. The Kier molecular flexibility index (Phi) is 3.72. The molecule has 0 unspecified atom stereocenters. The molecule has 0 aromatic carbocycles. The van der Waals surface area contributed by atoms with Crippen LogP contribution in [-0.2, 0) is 4.79 Å². The van der Waals surface area contributed by atoms with Crippen molar-refractivity contribution in [3.05, 3.63) is 11.8 Å². The van der Waals surface area contributed by atoms with Gasteiger partial charge < -0.3 is 19.7 Å². The minimum absolute atomic E-state index is 0.00974. The average molecular weight is 242 g/mol. The zero-order chi connectivity index (χ0) is 13.1. The van der Waals surface area contributed by atoms with Gasteiger partial charge in [-0.2, -0.15) is 0 Å². The first-order valence-corrected chi connectivity index (χ1v) is 4.89. The molecule has 0 bridgehead atoms. The summed E-state index contributed by atoms with van der Waals surface area (Å²) >= 11 is 0. The molecule has 7 nitrogen and oxygen atoms in total. The van der Waals surface area contributed by atoms with Gasteiger partial charge in [0.25, 0.3) is 11.8 Å². The molecule has 17 heavy (non-hydrogen) atoms. The summed E-state index contributed by atoms with van der Waals surface area (Å²) in [5, 5.41) is 14.8. The smallest absolute Gasteiger partial charge is 0.310 e. The number of carboxylic acid groups (broad SMARTS) is 1. The van der Waals surface area contributed by atoms with Gasteiger partial charge in [-0.25, -0.2) is 0 Å². The summed E-state index contributed by atoms with van der Waals surface area (Å²) in [6.07, 6.45) is 0. The maximum Gasteiger partial charge on any atom is 0.310 e. The van der Waals surface area contributed by atoms with E-state index in [-0.39, 0.29) is 18.2 Å². The van der Waals surface area contributed by atoms with Crippen molar-refractivity contribution in [1.29, 1.82) is 0 Å². The fourth-order valence-electron chi connectivity index (χ4n) is 0.926. The van der Waals surface area contributed by atoms with E-state index in [2.05, 4.69) is 10.5 Å². The molecule has 94 valence electrons. The standard InChI is InChI=1S/C10H14N2O5/c1-10(2,9(14)15)5-11-8(13)6-4-7(16-3)12-17-6/h4H,5H2,1-3H3,(H,11,13)(H,14,15). The number of carboxylic acids is 1. The molecule has 1 aromatic heterocycles. The number of carbonyl (C=O) groups is 2. The van der Waals surface area contributed by atoms with Crippen molar-refractivity contribution >= 4 is 11.9 Å². The second-order valence-corrected chi connectivity index (χ2v) is 4.11. The van der Waals surface area contributed by atoms with E-state index in [1.54, 1.807) is 0 Å². The quantitative estimate of drug-likeness (QED) is 0.780. The van der Waals surface area contributed by atoms with Crippen LogP contribution in [0.3, 0.4) is 0 Å². The number of aliphatic carboxylic acids is 1. The average Bonchev–Trinajstić information content (AvgIpc) is 2.74. The van der Waals surface area contributed by atoms with Crippen molar-refractivity contribution in [2.24, 2.45) is 5.41 Å². The minimum atomic E-state index is -1.04. The van der Waals surface area contributed by atoms with Gasteiger partial charge in [-0.1, -0.05) is 0 Å². The largest absolute Gasteiger partial charge is 0.481 e. The number of hydrogen-bond donors (Lipinski definition) is 2. The van der Waals surface area contributed by atoms with Crippen LogP contribution in [0.2, 0.25) is 0 Å². The molecule has 0 saturated heterocycles. The maximum absolute atomic E-state index is 11.5. The Balaban J connectivity index is 2.58. The molecule has 0 aliphatic heterocycles. The highest BCUT2D eigenvalue weighted by Gasteiger charge is 2.28. The van der Waals surface area contributed by atoms with Crippen LogP contribution in [0, 0.1) is 5.41 Å². The van der Waals surface area contributed by atoms with Gasteiger partial charge in [0, 0.05) is 6.54 Å². The molecule has 0 aliphatic rings. The van der Waals surface area contributed by atoms with E-state index in [9.17, 15) is 9.59 Å². The third-order valence-electron chi connectivity index (χ3n) is 2.19. The number of nitrogens with zero attached hydrogens (tertiary/aromatic N) is 1. The highest BCUT2D eigenvalue weighted by molar-refractivity contribution is 5.92. The first-order chi connectivity index (χ1) is 7.86. The lowest BCUT2D eigenvalue weighted by molar-refractivity contribution is -0.146. The van der Waals surface area contributed by atoms with E-state index < -0.39 is 17.3 Å². The molecule has 1 rings (SSSR count). The number of nitrogens with one attached hydrogen (secondary N) is 1. The summed E-state index contributed by atoms with van der Waals surface area (Å²) in [5.74, 6) is -1.36. The van der Waals surface area contributed by atoms with E-state index in [0.717, 1.165) is 0 Å². The lowest BCUT2D eigenvalue weighted by atomic mass is 9.94. The second-order valence-electron chi connectivity index (χ2n) is 4.11. The molecule has 0 spiro atoms. The zero-order valence-electron chi connectivity index (χ0n) is 9.81. The normalized spacial score (nSPS) is 11.0. The Morgan fingerprint density at radius 2 is 2.24 bits per heavy atom. The van der Waals surface area contributed by atoms with Crippen molar-refractivity contribution in [2.75, 3.05) is 13.7 Å². The zero-order valence-corrected chi connectivity index (χ0v) is 9.81. The predicted octanol–water partition coefficient (Wildman–Crippen LogP) is 0.524. The lowest BCUT2D eigenvalue weighted by Gasteiger charge is -2.18. The topological polar surface area (TPSA) is 102 Å². The minimum Gasteiger partial charge on any atom is -0.481 e. The summed E-state index contributed by atoms with van der Waals surface area (Å²) < 4.78 is 9.46. The van der Waals surface area contributed by atoms with E-state index in [4.69, 9.17) is 14.4 Å². The van der Waals surface area contributed by atoms with Gasteiger partial charge in [-0.05, 0) is 19.0 Å². The van der Waals surface area contributed by atoms with Crippen LogP contribution in [0.5, 0.6) is 5.88 Å². The van der Waals surface area contributed by atoms with Crippen LogP contribution >= 0.6 is 0 Å². The van der Waals surface area contributed by atoms with Crippen molar-refractivity contribution in [3.63, 3.8) is 0 Å². The molecule has 1 heterocycles. The number of aromatic nitrogens is 1. The number of rotatable bonds is 5. The number of carbonyl (C=O) groups excluding carboxylic acids is 1.